The Kier molecular flexibility index (Phi) is 6.86. The third-order valence-electron chi connectivity index (χ3n) is 4.51. The summed E-state index contributed by atoms with van der Waals surface area (Å²) in [6, 6.07) is 5.30. The number of alkyl halides is 3. The monoisotopic (exact) mass is 375 g/mol. The Morgan fingerprint density at radius 3 is 2.50 bits per heavy atom. The molecule has 0 saturated carbocycles. The van der Waals surface area contributed by atoms with Crippen LogP contribution in [0.3, 0.4) is 0 Å². The molecule has 0 aromatic heterocycles. The Morgan fingerprint density at radius 1 is 1.27 bits per heavy atom. The molecule has 1 aromatic carbocycles. The van der Waals surface area contributed by atoms with Gasteiger partial charge in [0.25, 0.3) is 0 Å². The number of benzene rings is 1. The molecule has 26 heavy (non-hydrogen) atoms. The van der Waals surface area contributed by atoms with Crippen molar-refractivity contribution in [3.63, 3.8) is 0 Å². The van der Waals surface area contributed by atoms with Crippen molar-refractivity contribution in [1.82, 2.24) is 15.5 Å². The molecule has 0 radical (unpaired) electrons. The number of hydrogen-bond acceptors (Lipinski definition) is 2. The minimum absolute atomic E-state index is 0.00595. The highest BCUT2D eigenvalue weighted by Crippen LogP contribution is 2.23. The van der Waals surface area contributed by atoms with Crippen LogP contribution in [-0.2, 0) is 0 Å². The number of halogens is 4. The van der Waals surface area contributed by atoms with Crippen LogP contribution in [0.25, 0.3) is 0 Å². The summed E-state index contributed by atoms with van der Waals surface area (Å²) in [5, 5.41) is 5.60. The predicted octanol–water partition coefficient (Wildman–Crippen LogP) is 3.71. The number of amides is 2. The van der Waals surface area contributed by atoms with E-state index in [2.05, 4.69) is 10.6 Å². The lowest BCUT2D eigenvalue weighted by Crippen LogP contribution is -2.42. The molecule has 1 fully saturated rings. The molecule has 1 aliphatic heterocycles. The molecule has 8 heteroatoms. The van der Waals surface area contributed by atoms with Crippen molar-refractivity contribution < 1.29 is 22.4 Å². The predicted molar refractivity (Wildman–Crippen MR) is 91.1 cm³/mol. The van der Waals surface area contributed by atoms with Crippen LogP contribution in [0.5, 0.6) is 0 Å². The van der Waals surface area contributed by atoms with Crippen LogP contribution in [0.4, 0.5) is 22.4 Å². The van der Waals surface area contributed by atoms with E-state index in [1.54, 1.807) is 12.1 Å². The van der Waals surface area contributed by atoms with Crippen molar-refractivity contribution in [2.75, 3.05) is 26.2 Å². The topological polar surface area (TPSA) is 44.4 Å². The molecule has 0 spiro atoms. The van der Waals surface area contributed by atoms with Crippen LogP contribution in [0.2, 0.25) is 0 Å². The Hall–Kier alpha value is -1.83. The molecule has 2 atom stereocenters. The summed E-state index contributed by atoms with van der Waals surface area (Å²) in [4.78, 5) is 13.5. The molecule has 0 bridgehead atoms. The molecule has 0 unspecified atom stereocenters. The van der Waals surface area contributed by atoms with Crippen molar-refractivity contribution in [1.29, 1.82) is 0 Å². The molecular weight excluding hydrogens is 350 g/mol. The highest BCUT2D eigenvalue weighted by Gasteiger charge is 2.34. The van der Waals surface area contributed by atoms with Gasteiger partial charge in [0.1, 0.15) is 5.82 Å². The standard InChI is InChI=1S/C18H25F4N3O/c1-12(2)16(14-3-5-15(19)6-4-14)24-17(26)23-9-13-7-8-25(10-13)11-18(20,21)22/h3-6,12-13,16H,7-11H2,1-2H3,(H2,23,24,26)/t13-,16-/m0/s1. The van der Waals surface area contributed by atoms with Gasteiger partial charge in [0, 0.05) is 13.1 Å². The number of carbonyl (C=O) groups is 1. The smallest absolute Gasteiger partial charge is 0.338 e. The third-order valence-corrected chi connectivity index (χ3v) is 4.51. The van der Waals surface area contributed by atoms with Gasteiger partial charge in [-0.3, -0.25) is 4.90 Å². The molecule has 1 heterocycles. The SMILES string of the molecule is CC(C)[C@H](NC(=O)NC[C@@H]1CCN(CC(F)(F)F)C1)c1ccc(F)cc1. The number of nitrogens with zero attached hydrogens (tertiary/aromatic N) is 1. The molecule has 1 aromatic rings. The minimum atomic E-state index is -4.20. The molecule has 4 nitrogen and oxygen atoms in total. The zero-order valence-corrected chi connectivity index (χ0v) is 14.9. The normalized spacial score (nSPS) is 19.6. The average Bonchev–Trinajstić information content (AvgIpc) is 2.97. The maximum atomic E-state index is 13.1. The molecular formula is C18H25F4N3O. The third kappa shape index (κ3) is 6.48. The maximum Gasteiger partial charge on any atom is 0.401 e. The van der Waals surface area contributed by atoms with Gasteiger partial charge in [0.15, 0.2) is 0 Å². The van der Waals surface area contributed by atoms with Gasteiger partial charge in [-0.25, -0.2) is 9.18 Å². The van der Waals surface area contributed by atoms with Gasteiger partial charge in [-0.15, -0.1) is 0 Å². The van der Waals surface area contributed by atoms with Gasteiger partial charge in [0.2, 0.25) is 0 Å². The lowest BCUT2D eigenvalue weighted by Gasteiger charge is -2.24. The number of nitrogens with one attached hydrogen (secondary N) is 2. The quantitative estimate of drug-likeness (QED) is 0.745. The zero-order valence-electron chi connectivity index (χ0n) is 14.9. The number of hydrogen-bond donors (Lipinski definition) is 2. The fourth-order valence-corrected chi connectivity index (χ4v) is 3.21. The highest BCUT2D eigenvalue weighted by molar-refractivity contribution is 5.74. The zero-order chi connectivity index (χ0) is 19.3. The first kappa shape index (κ1) is 20.5. The second-order valence-electron chi connectivity index (χ2n) is 7.13. The lowest BCUT2D eigenvalue weighted by molar-refractivity contribution is -0.143. The molecule has 146 valence electrons. The average molecular weight is 375 g/mol. The molecule has 0 aliphatic carbocycles. The van der Waals surface area contributed by atoms with E-state index < -0.39 is 12.7 Å². The van der Waals surface area contributed by atoms with E-state index in [1.807, 2.05) is 13.8 Å². The van der Waals surface area contributed by atoms with E-state index in [1.165, 1.54) is 17.0 Å². The van der Waals surface area contributed by atoms with Crippen LogP contribution >= 0.6 is 0 Å². The van der Waals surface area contributed by atoms with Crippen LogP contribution in [-0.4, -0.2) is 43.3 Å². The van der Waals surface area contributed by atoms with Crippen LogP contribution in [0.1, 0.15) is 31.9 Å². The van der Waals surface area contributed by atoms with Crippen molar-refractivity contribution in [2.45, 2.75) is 32.5 Å². The van der Waals surface area contributed by atoms with Gasteiger partial charge < -0.3 is 10.6 Å². The van der Waals surface area contributed by atoms with E-state index in [9.17, 15) is 22.4 Å². The Labute approximate surface area is 150 Å². The Morgan fingerprint density at radius 2 is 1.92 bits per heavy atom. The first-order chi connectivity index (χ1) is 12.1. The van der Waals surface area contributed by atoms with Gasteiger partial charge in [0.05, 0.1) is 12.6 Å². The summed E-state index contributed by atoms with van der Waals surface area (Å²) < 4.78 is 50.3. The van der Waals surface area contributed by atoms with Crippen molar-refractivity contribution in [2.24, 2.45) is 11.8 Å². The van der Waals surface area contributed by atoms with E-state index in [4.69, 9.17) is 0 Å². The fourth-order valence-electron chi connectivity index (χ4n) is 3.21. The van der Waals surface area contributed by atoms with Crippen LogP contribution < -0.4 is 10.6 Å². The molecule has 1 aliphatic rings. The maximum absolute atomic E-state index is 13.1. The Balaban J connectivity index is 1.81. The van der Waals surface area contributed by atoms with Gasteiger partial charge >= 0.3 is 12.2 Å². The summed E-state index contributed by atoms with van der Waals surface area (Å²) in [6.45, 7) is 4.02. The summed E-state index contributed by atoms with van der Waals surface area (Å²) in [5.74, 6) is -0.239. The molecule has 2 amide bonds. The first-order valence-electron chi connectivity index (χ1n) is 8.73. The minimum Gasteiger partial charge on any atom is -0.338 e. The second-order valence-corrected chi connectivity index (χ2v) is 7.13. The van der Waals surface area contributed by atoms with Gasteiger partial charge in [-0.2, -0.15) is 13.2 Å². The van der Waals surface area contributed by atoms with Crippen molar-refractivity contribution in [3.8, 4) is 0 Å². The van der Waals surface area contributed by atoms with E-state index >= 15 is 0 Å². The van der Waals surface area contributed by atoms with Gasteiger partial charge in [-0.1, -0.05) is 26.0 Å². The summed E-state index contributed by atoms with van der Waals surface area (Å²) in [5.41, 5.74) is 0.800. The molecule has 2 N–H and O–H groups in total. The highest BCUT2D eigenvalue weighted by atomic mass is 19.4. The second kappa shape index (κ2) is 8.70. The lowest BCUT2D eigenvalue weighted by atomic mass is 9.96. The fraction of sp³-hybridized carbons (Fsp3) is 0.611. The molecule has 1 saturated heterocycles. The first-order valence-corrected chi connectivity index (χ1v) is 8.73. The summed E-state index contributed by atoms with van der Waals surface area (Å²) >= 11 is 0. The van der Waals surface area contributed by atoms with E-state index in [0.717, 1.165) is 5.56 Å². The number of urea groups is 1. The van der Waals surface area contributed by atoms with Gasteiger partial charge in [-0.05, 0) is 42.5 Å². The van der Waals surface area contributed by atoms with Crippen LogP contribution in [0, 0.1) is 17.7 Å². The van der Waals surface area contributed by atoms with Crippen molar-refractivity contribution in [3.05, 3.63) is 35.6 Å². The van der Waals surface area contributed by atoms with E-state index in [-0.39, 0.29) is 29.7 Å². The number of likely N-dealkylation sites (tertiary alicyclic amines) is 1. The Bertz CT molecular complexity index is 589. The van der Waals surface area contributed by atoms with Crippen LogP contribution in [0.15, 0.2) is 24.3 Å². The number of rotatable bonds is 6. The number of carbonyl (C=O) groups excluding carboxylic acids is 1. The summed E-state index contributed by atoms with van der Waals surface area (Å²) in [7, 11) is 0. The molecule has 2 rings (SSSR count). The largest absolute Gasteiger partial charge is 0.401 e. The summed E-state index contributed by atoms with van der Waals surface area (Å²) in [6.07, 6.45) is -3.57. The van der Waals surface area contributed by atoms with E-state index in [0.29, 0.717) is 26.1 Å². The van der Waals surface area contributed by atoms with Crippen molar-refractivity contribution >= 4 is 6.03 Å².